The number of carbonyl (C=O) groups is 1. The van der Waals surface area contributed by atoms with Gasteiger partial charge in [-0.25, -0.2) is 0 Å². The molecule has 1 fully saturated rings. The van der Waals surface area contributed by atoms with Gasteiger partial charge >= 0.3 is 5.97 Å². The highest BCUT2D eigenvalue weighted by molar-refractivity contribution is 9.10. The second-order valence-corrected chi connectivity index (χ2v) is 7.51. The maximum Gasteiger partial charge on any atom is 0.321 e. The van der Waals surface area contributed by atoms with E-state index >= 15 is 0 Å². The van der Waals surface area contributed by atoms with Crippen molar-refractivity contribution in [2.75, 3.05) is 5.75 Å². The number of benzene rings is 2. The van der Waals surface area contributed by atoms with Crippen LogP contribution in [0.2, 0.25) is 0 Å². The minimum atomic E-state index is -0.829. The maximum atomic E-state index is 11.0. The van der Waals surface area contributed by atoms with E-state index in [-0.39, 0.29) is 5.37 Å². The monoisotopic (exact) mass is 418 g/mol. The predicted octanol–water partition coefficient (Wildman–Crippen LogP) is 3.69. The number of nitriles is 1. The third-order valence-electron chi connectivity index (χ3n) is 3.86. The lowest BCUT2D eigenvalue weighted by Gasteiger charge is -2.14. The number of nitrogens with one attached hydrogen (secondary N) is 1. The fourth-order valence-corrected chi connectivity index (χ4v) is 4.25. The average Bonchev–Trinajstić information content (AvgIpc) is 3.11. The third-order valence-corrected chi connectivity index (χ3v) is 5.75. The molecule has 5 nitrogen and oxygen atoms in total. The van der Waals surface area contributed by atoms with Crippen molar-refractivity contribution in [1.29, 1.82) is 5.26 Å². The summed E-state index contributed by atoms with van der Waals surface area (Å²) in [5.74, 6) is 0.389. The number of hydrogen-bond acceptors (Lipinski definition) is 5. The Bertz CT molecular complexity index is 837. The summed E-state index contributed by atoms with van der Waals surface area (Å²) in [6.45, 7) is 0.305. The molecule has 1 saturated heterocycles. The van der Waals surface area contributed by atoms with Crippen molar-refractivity contribution in [3.8, 4) is 11.8 Å². The molecule has 0 saturated carbocycles. The second-order valence-electron chi connectivity index (χ2n) is 5.52. The third kappa shape index (κ3) is 4.15. The summed E-state index contributed by atoms with van der Waals surface area (Å²) in [5, 5.41) is 21.2. The topological polar surface area (TPSA) is 82.3 Å². The van der Waals surface area contributed by atoms with Crippen LogP contribution in [-0.4, -0.2) is 22.9 Å². The van der Waals surface area contributed by atoms with Crippen molar-refractivity contribution in [2.45, 2.75) is 18.0 Å². The molecule has 0 amide bonds. The molecule has 1 heterocycles. The van der Waals surface area contributed by atoms with E-state index in [1.54, 1.807) is 17.8 Å². The number of hydrogen-bond donors (Lipinski definition) is 2. The Morgan fingerprint density at radius 1 is 1.40 bits per heavy atom. The summed E-state index contributed by atoms with van der Waals surface area (Å²) >= 11 is 5.08. The number of thioether (sulfide) groups is 1. The molecular weight excluding hydrogens is 404 g/mol. The number of halogens is 1. The van der Waals surface area contributed by atoms with Gasteiger partial charge in [0.1, 0.15) is 18.4 Å². The van der Waals surface area contributed by atoms with E-state index in [1.165, 1.54) is 0 Å². The fourth-order valence-electron chi connectivity index (χ4n) is 2.51. The number of rotatable bonds is 5. The van der Waals surface area contributed by atoms with E-state index in [0.717, 1.165) is 15.6 Å². The first-order valence-electron chi connectivity index (χ1n) is 7.59. The van der Waals surface area contributed by atoms with Gasteiger partial charge in [-0.15, -0.1) is 11.8 Å². The van der Waals surface area contributed by atoms with Gasteiger partial charge in [0.05, 0.1) is 21.5 Å². The first kappa shape index (κ1) is 17.8. The summed E-state index contributed by atoms with van der Waals surface area (Å²) in [6.07, 6.45) is 0. The molecule has 2 aromatic rings. The van der Waals surface area contributed by atoms with Crippen LogP contribution in [0.1, 0.15) is 22.1 Å². The molecule has 0 unspecified atom stereocenters. The summed E-state index contributed by atoms with van der Waals surface area (Å²) in [7, 11) is 0. The molecule has 0 spiro atoms. The van der Waals surface area contributed by atoms with Crippen LogP contribution in [0.3, 0.4) is 0 Å². The lowest BCUT2D eigenvalue weighted by molar-refractivity contribution is -0.138. The number of carboxylic acids is 1. The Balaban J connectivity index is 1.68. The molecule has 3 rings (SSSR count). The predicted molar refractivity (Wildman–Crippen MR) is 99.4 cm³/mol. The quantitative estimate of drug-likeness (QED) is 0.770. The molecule has 0 aromatic heterocycles. The largest absolute Gasteiger partial charge is 0.488 e. The van der Waals surface area contributed by atoms with Crippen molar-refractivity contribution in [2.24, 2.45) is 0 Å². The number of nitrogens with zero attached hydrogens (tertiary/aromatic N) is 1. The molecule has 0 bridgehead atoms. The smallest absolute Gasteiger partial charge is 0.321 e. The number of carboxylic acid groups (broad SMARTS) is 1. The van der Waals surface area contributed by atoms with E-state index in [0.29, 0.717) is 23.7 Å². The Morgan fingerprint density at radius 3 is 2.88 bits per heavy atom. The number of ether oxygens (including phenoxy) is 1. The molecule has 0 radical (unpaired) electrons. The Kier molecular flexibility index (Phi) is 5.63. The summed E-state index contributed by atoms with van der Waals surface area (Å²) in [5.41, 5.74) is 2.42. The van der Waals surface area contributed by atoms with Crippen molar-refractivity contribution >= 4 is 33.7 Å². The fraction of sp³-hybridized carbons (Fsp3) is 0.222. The van der Waals surface area contributed by atoms with Gasteiger partial charge in [0, 0.05) is 11.3 Å². The highest BCUT2D eigenvalue weighted by atomic mass is 79.9. The summed E-state index contributed by atoms with van der Waals surface area (Å²) in [6, 6.07) is 14.7. The van der Waals surface area contributed by atoms with Crippen molar-refractivity contribution < 1.29 is 14.6 Å². The SMILES string of the molecule is N#Cc1ccccc1COc1ccc([C@H]2N[C@H](C(=O)O)CS2)cc1Br. The first-order chi connectivity index (χ1) is 12.1. The lowest BCUT2D eigenvalue weighted by Crippen LogP contribution is -2.33. The zero-order valence-electron chi connectivity index (χ0n) is 13.1. The van der Waals surface area contributed by atoms with Crippen molar-refractivity contribution in [3.05, 3.63) is 63.6 Å². The maximum absolute atomic E-state index is 11.0. The van der Waals surface area contributed by atoms with Gasteiger partial charge in [-0.05, 0) is 39.7 Å². The van der Waals surface area contributed by atoms with Gasteiger partial charge in [-0.2, -0.15) is 5.26 Å². The molecule has 128 valence electrons. The van der Waals surface area contributed by atoms with Crippen molar-refractivity contribution in [3.63, 3.8) is 0 Å². The van der Waals surface area contributed by atoms with Crippen LogP contribution in [0.5, 0.6) is 5.75 Å². The molecule has 2 aromatic carbocycles. The van der Waals surface area contributed by atoms with Crippen LogP contribution in [0.4, 0.5) is 0 Å². The standard InChI is InChI=1S/C18H15BrN2O3S/c19-14-7-11(17-21-15(10-25-17)18(22)23)5-6-16(14)24-9-13-4-2-1-3-12(13)8-20/h1-7,15,17,21H,9-10H2,(H,22,23)/t15-,17-/m0/s1. The molecule has 7 heteroatoms. The molecule has 1 aliphatic rings. The molecular formula is C18H15BrN2O3S. The van der Waals surface area contributed by atoms with Gasteiger partial charge in [-0.3, -0.25) is 10.1 Å². The second kappa shape index (κ2) is 7.91. The highest BCUT2D eigenvalue weighted by Crippen LogP contribution is 2.36. The zero-order chi connectivity index (χ0) is 17.8. The summed E-state index contributed by atoms with van der Waals surface area (Å²) in [4.78, 5) is 11.0. The van der Waals surface area contributed by atoms with E-state index < -0.39 is 12.0 Å². The molecule has 2 N–H and O–H groups in total. The zero-order valence-corrected chi connectivity index (χ0v) is 15.5. The van der Waals surface area contributed by atoms with E-state index in [2.05, 4.69) is 27.3 Å². The van der Waals surface area contributed by atoms with Crippen LogP contribution < -0.4 is 10.1 Å². The minimum absolute atomic E-state index is 0.0502. The van der Waals surface area contributed by atoms with Crippen LogP contribution in [0, 0.1) is 11.3 Å². The van der Waals surface area contributed by atoms with Gasteiger partial charge in [0.15, 0.2) is 0 Å². The minimum Gasteiger partial charge on any atom is -0.488 e. The molecule has 1 aliphatic heterocycles. The van der Waals surface area contributed by atoms with Crippen LogP contribution in [0.25, 0.3) is 0 Å². The Morgan fingerprint density at radius 2 is 2.20 bits per heavy atom. The normalized spacial score (nSPS) is 19.4. The van der Waals surface area contributed by atoms with Gasteiger partial charge in [-0.1, -0.05) is 24.3 Å². The van der Waals surface area contributed by atoms with E-state index in [1.807, 2.05) is 36.4 Å². The summed E-state index contributed by atoms with van der Waals surface area (Å²) < 4.78 is 6.62. The first-order valence-corrected chi connectivity index (χ1v) is 9.43. The van der Waals surface area contributed by atoms with Crippen LogP contribution >= 0.6 is 27.7 Å². The average molecular weight is 419 g/mol. The Hall–Kier alpha value is -2.01. The lowest BCUT2D eigenvalue weighted by atomic mass is 10.1. The van der Waals surface area contributed by atoms with Gasteiger partial charge < -0.3 is 9.84 Å². The molecule has 25 heavy (non-hydrogen) atoms. The highest BCUT2D eigenvalue weighted by Gasteiger charge is 2.30. The van der Waals surface area contributed by atoms with Crippen molar-refractivity contribution in [1.82, 2.24) is 5.32 Å². The Labute approximate surface area is 158 Å². The van der Waals surface area contributed by atoms with E-state index in [4.69, 9.17) is 15.1 Å². The van der Waals surface area contributed by atoms with Gasteiger partial charge in [0.2, 0.25) is 0 Å². The van der Waals surface area contributed by atoms with Gasteiger partial charge in [0.25, 0.3) is 0 Å². The van der Waals surface area contributed by atoms with Crippen LogP contribution in [0.15, 0.2) is 46.9 Å². The molecule has 0 aliphatic carbocycles. The molecule has 2 atom stereocenters. The van der Waals surface area contributed by atoms with Crippen LogP contribution in [-0.2, 0) is 11.4 Å². The van der Waals surface area contributed by atoms with E-state index in [9.17, 15) is 4.79 Å². The number of aliphatic carboxylic acids is 1.